The molecule has 1 N–H and O–H groups in total. The maximum atomic E-state index is 12.2. The Morgan fingerprint density at radius 1 is 1.20 bits per heavy atom. The lowest BCUT2D eigenvalue weighted by molar-refractivity contribution is -0.125. The Hall–Kier alpha value is -1.66. The van der Waals surface area contributed by atoms with Crippen molar-refractivity contribution in [3.05, 3.63) is 48.0 Å². The van der Waals surface area contributed by atoms with E-state index in [0.29, 0.717) is 0 Å². The molecule has 1 heterocycles. The smallest absolute Gasteiger partial charge is 0.248 e. The number of amides is 1. The Morgan fingerprint density at radius 2 is 1.88 bits per heavy atom. The number of carbonyl (C=O) groups is 1. The van der Waals surface area contributed by atoms with Gasteiger partial charge < -0.3 is 4.57 Å². The Kier molecular flexibility index (Phi) is 3.81. The van der Waals surface area contributed by atoms with E-state index in [0.717, 1.165) is 12.0 Å². The molecule has 1 aliphatic rings. The predicted molar refractivity (Wildman–Crippen MR) is 109 cm³/mol. The molecule has 4 rings (SSSR count). The Labute approximate surface area is 162 Å². The average Bonchev–Trinajstić information content (AvgIpc) is 3.00. The SMILES string of the molecule is Cn1c2ccccc2c2cc(C=NNC(=O)[C@]3(C)CC3(Br)Br)ccc21. The molecule has 0 unspecified atom stereocenters. The fourth-order valence-corrected chi connectivity index (χ4v) is 4.68. The number of hydrogen-bond acceptors (Lipinski definition) is 2. The number of carbonyl (C=O) groups excluding carboxylic acids is 1. The van der Waals surface area contributed by atoms with Gasteiger partial charge in [-0.3, -0.25) is 4.79 Å². The van der Waals surface area contributed by atoms with E-state index in [1.54, 1.807) is 6.21 Å². The average molecular weight is 463 g/mol. The number of hydrogen-bond donors (Lipinski definition) is 1. The lowest BCUT2D eigenvalue weighted by atomic mass is 10.1. The molecule has 1 saturated carbocycles. The van der Waals surface area contributed by atoms with Gasteiger partial charge in [0, 0.05) is 28.9 Å². The third-order valence-electron chi connectivity index (χ3n) is 5.08. The van der Waals surface area contributed by atoms with E-state index in [4.69, 9.17) is 0 Å². The van der Waals surface area contributed by atoms with Crippen molar-refractivity contribution in [3.8, 4) is 0 Å². The van der Waals surface area contributed by atoms with Crippen molar-refractivity contribution in [2.24, 2.45) is 17.6 Å². The van der Waals surface area contributed by atoms with E-state index < -0.39 is 5.41 Å². The number of alkyl halides is 2. The van der Waals surface area contributed by atoms with E-state index in [1.807, 2.05) is 25.1 Å². The number of nitrogens with zero attached hydrogens (tertiary/aromatic N) is 2. The zero-order valence-electron chi connectivity index (χ0n) is 13.9. The third-order valence-corrected chi connectivity index (χ3v) is 7.39. The molecule has 1 aliphatic carbocycles. The van der Waals surface area contributed by atoms with Crippen LogP contribution in [0.15, 0.2) is 47.6 Å². The molecule has 3 aromatic rings. The number of aryl methyl sites for hydroxylation is 1. The molecule has 0 radical (unpaired) electrons. The van der Waals surface area contributed by atoms with Crippen LogP contribution in [-0.4, -0.2) is 19.9 Å². The molecule has 25 heavy (non-hydrogen) atoms. The van der Waals surface area contributed by atoms with E-state index in [2.05, 4.69) is 78.3 Å². The number of aromatic nitrogens is 1. The highest BCUT2D eigenvalue weighted by atomic mass is 79.9. The van der Waals surface area contributed by atoms with Crippen molar-refractivity contribution < 1.29 is 4.79 Å². The van der Waals surface area contributed by atoms with Crippen molar-refractivity contribution in [1.82, 2.24) is 9.99 Å². The van der Waals surface area contributed by atoms with Crippen LogP contribution in [0.25, 0.3) is 21.8 Å². The maximum Gasteiger partial charge on any atom is 0.248 e. The fraction of sp³-hybridized carbons (Fsp3) is 0.263. The molecule has 6 heteroatoms. The van der Waals surface area contributed by atoms with E-state index in [9.17, 15) is 4.79 Å². The number of fused-ring (bicyclic) bond motifs is 3. The molecule has 4 nitrogen and oxygen atoms in total. The highest BCUT2D eigenvalue weighted by Gasteiger charge is 2.66. The minimum atomic E-state index is -0.468. The molecule has 128 valence electrons. The molecule has 1 fully saturated rings. The zero-order chi connectivity index (χ0) is 17.8. The summed E-state index contributed by atoms with van der Waals surface area (Å²) in [6.07, 6.45) is 2.43. The van der Waals surface area contributed by atoms with Crippen LogP contribution in [0.1, 0.15) is 18.9 Å². The summed E-state index contributed by atoms with van der Waals surface area (Å²) < 4.78 is 1.88. The Morgan fingerprint density at radius 3 is 2.60 bits per heavy atom. The lowest BCUT2D eigenvalue weighted by Crippen LogP contribution is -2.29. The number of nitrogens with one attached hydrogen (secondary N) is 1. The van der Waals surface area contributed by atoms with E-state index in [-0.39, 0.29) is 9.14 Å². The van der Waals surface area contributed by atoms with E-state index in [1.165, 1.54) is 21.8 Å². The first-order valence-electron chi connectivity index (χ1n) is 8.02. The quantitative estimate of drug-likeness (QED) is 0.343. The van der Waals surface area contributed by atoms with Gasteiger partial charge >= 0.3 is 0 Å². The van der Waals surface area contributed by atoms with Gasteiger partial charge in [-0.05, 0) is 37.1 Å². The Bertz CT molecular complexity index is 1040. The lowest BCUT2D eigenvalue weighted by Gasteiger charge is -2.09. The van der Waals surface area contributed by atoms with Gasteiger partial charge in [0.2, 0.25) is 5.91 Å². The van der Waals surface area contributed by atoms with E-state index >= 15 is 0 Å². The van der Waals surface area contributed by atoms with Crippen LogP contribution in [-0.2, 0) is 11.8 Å². The molecule has 0 aliphatic heterocycles. The molecular weight excluding hydrogens is 446 g/mol. The van der Waals surface area contributed by atoms with Crippen LogP contribution in [0, 0.1) is 5.41 Å². The second-order valence-corrected chi connectivity index (χ2v) is 10.5. The number of benzene rings is 2. The molecule has 0 saturated heterocycles. The number of halogens is 2. The molecule has 2 aromatic carbocycles. The second-order valence-electron chi connectivity index (χ2n) is 6.77. The minimum Gasteiger partial charge on any atom is -0.344 e. The van der Waals surface area contributed by atoms with Crippen molar-refractivity contribution in [1.29, 1.82) is 0 Å². The van der Waals surface area contributed by atoms with Crippen LogP contribution in [0.2, 0.25) is 0 Å². The van der Waals surface area contributed by atoms with Crippen LogP contribution < -0.4 is 5.43 Å². The topological polar surface area (TPSA) is 46.4 Å². The van der Waals surface area contributed by atoms with Crippen molar-refractivity contribution in [2.45, 2.75) is 16.6 Å². The highest BCUT2D eigenvalue weighted by Crippen LogP contribution is 2.66. The van der Waals surface area contributed by atoms with Crippen LogP contribution in [0.3, 0.4) is 0 Å². The number of para-hydroxylation sites is 1. The molecular formula is C19H17Br2N3O. The molecule has 0 bridgehead atoms. The van der Waals surface area contributed by atoms with Gasteiger partial charge in [0.15, 0.2) is 0 Å². The van der Waals surface area contributed by atoms with Gasteiger partial charge in [0.05, 0.1) is 14.9 Å². The van der Waals surface area contributed by atoms with Crippen LogP contribution >= 0.6 is 31.9 Å². The van der Waals surface area contributed by atoms with Crippen molar-refractivity contribution in [2.75, 3.05) is 0 Å². The van der Waals surface area contributed by atoms with Gasteiger partial charge in [0.1, 0.15) is 0 Å². The standard InChI is InChI=1S/C19H17Br2N3O/c1-18(11-19(18,20)21)17(25)23-22-10-12-7-8-16-14(9-12)13-5-3-4-6-15(13)24(16)2/h3-10H,11H2,1-2H3,(H,23,25)/t18-/m0/s1. The van der Waals surface area contributed by atoms with Crippen molar-refractivity contribution >= 4 is 65.8 Å². The summed E-state index contributed by atoms with van der Waals surface area (Å²) in [4.78, 5) is 12.2. The predicted octanol–water partition coefficient (Wildman–Crippen LogP) is 4.68. The summed E-state index contributed by atoms with van der Waals surface area (Å²) in [5.41, 5.74) is 5.51. The minimum absolute atomic E-state index is 0.0938. The fourth-order valence-electron chi connectivity index (χ4n) is 3.20. The molecule has 1 amide bonds. The summed E-state index contributed by atoms with van der Waals surface area (Å²) in [5, 5.41) is 6.53. The highest BCUT2D eigenvalue weighted by molar-refractivity contribution is 9.25. The molecule has 1 atom stereocenters. The summed E-state index contributed by atoms with van der Waals surface area (Å²) >= 11 is 7.00. The first kappa shape index (κ1) is 16.8. The largest absolute Gasteiger partial charge is 0.344 e. The molecule has 1 aromatic heterocycles. The first-order valence-corrected chi connectivity index (χ1v) is 9.61. The zero-order valence-corrected chi connectivity index (χ0v) is 17.1. The third kappa shape index (κ3) is 2.62. The van der Waals surface area contributed by atoms with Crippen LogP contribution in [0.5, 0.6) is 0 Å². The normalized spacial score (nSPS) is 21.9. The monoisotopic (exact) mass is 461 g/mol. The second kappa shape index (κ2) is 5.68. The molecule has 0 spiro atoms. The van der Waals surface area contributed by atoms with Crippen molar-refractivity contribution in [3.63, 3.8) is 0 Å². The van der Waals surface area contributed by atoms with Gasteiger partial charge in [-0.1, -0.05) is 56.1 Å². The summed E-state index contributed by atoms with van der Waals surface area (Å²) in [7, 11) is 2.07. The summed E-state index contributed by atoms with van der Waals surface area (Å²) in [6.45, 7) is 1.91. The Balaban J connectivity index is 1.60. The van der Waals surface area contributed by atoms with Crippen LogP contribution in [0.4, 0.5) is 0 Å². The number of rotatable bonds is 3. The summed E-state index contributed by atoms with van der Waals surface area (Å²) in [6, 6.07) is 14.5. The maximum absolute atomic E-state index is 12.2. The van der Waals surface area contributed by atoms with Gasteiger partial charge in [-0.15, -0.1) is 0 Å². The number of hydrazone groups is 1. The van der Waals surface area contributed by atoms with Gasteiger partial charge in [0.25, 0.3) is 0 Å². The first-order chi connectivity index (χ1) is 11.8. The van der Waals surface area contributed by atoms with Gasteiger partial charge in [-0.2, -0.15) is 5.10 Å². The summed E-state index contributed by atoms with van der Waals surface area (Å²) in [5.74, 6) is -0.0938. The van der Waals surface area contributed by atoms with Gasteiger partial charge in [-0.25, -0.2) is 5.43 Å².